The molecule has 1 aromatic heterocycles. The Balaban J connectivity index is 1.39. The molecule has 3 aromatic rings. The molecular formula is C57H80F2N8O15. The van der Waals surface area contributed by atoms with Crippen molar-refractivity contribution >= 4 is 53.7 Å². The minimum atomic E-state index is -1.55. The molecule has 452 valence electrons. The molecule has 0 spiro atoms. The standard InChI is InChI=1S/C57H80F2N8O15/c1-36(2)51(64-54(77)45-13-10-19-66(45)56(79)44(30-50(74)75)62-47(70)17-21-80-23-25-82-26-24-81-22-18-61-31-38(34-68)27-49(72)73)55(78)63-43(53(76)60-6)16-20-67(48(71)35-69)52(57(3,4)5)46-28-39(41-29-40(58)14-15-42(41)59)33-65(46)32-37-11-8-7-9-12-37/h7-9,11-12,14-15,28-29,33-34,36,38,43-45,51-52,61,69H,10,13,16-27,30-32,35H2,1-6H3,(H,60,76)(H,62,70)(H,63,78)(H,64,77)(H,72,73)(H,74,75)/t38?,43-,44-,45-,51-,52-/m1/s1. The number of nitrogens with zero attached hydrogens (tertiary/aromatic N) is 3. The average molecular weight is 1160 g/mol. The molecule has 6 atom stereocenters. The van der Waals surface area contributed by atoms with Crippen LogP contribution in [0.3, 0.4) is 0 Å². The molecule has 0 bridgehead atoms. The Kier molecular flexibility index (Phi) is 27.6. The van der Waals surface area contributed by atoms with Crippen LogP contribution in [0.2, 0.25) is 0 Å². The summed E-state index contributed by atoms with van der Waals surface area (Å²) in [7, 11) is 1.35. The fraction of sp³-hybridized carbons (Fsp3) is 0.561. The zero-order valence-electron chi connectivity index (χ0n) is 47.5. The van der Waals surface area contributed by atoms with Crippen molar-refractivity contribution in [2.75, 3.05) is 79.5 Å². The lowest BCUT2D eigenvalue weighted by molar-refractivity contribution is -0.146. The van der Waals surface area contributed by atoms with E-state index in [0.717, 1.165) is 28.7 Å². The highest BCUT2D eigenvalue weighted by atomic mass is 19.1. The topological polar surface area (TPSA) is 314 Å². The van der Waals surface area contributed by atoms with Crippen LogP contribution >= 0.6 is 0 Å². The molecule has 1 aliphatic heterocycles. The minimum Gasteiger partial charge on any atom is -0.481 e. The number of carboxylic acids is 2. The smallest absolute Gasteiger partial charge is 0.305 e. The zero-order chi connectivity index (χ0) is 60.5. The second-order valence-corrected chi connectivity index (χ2v) is 21.3. The van der Waals surface area contributed by atoms with E-state index in [1.165, 1.54) is 11.9 Å². The molecule has 6 amide bonds. The van der Waals surface area contributed by atoms with Gasteiger partial charge in [-0.1, -0.05) is 65.0 Å². The SMILES string of the molecule is CNC(=O)[C@@H](CCN(C(=O)CO)[C@H](c1cc(-c2cc(F)ccc2F)cn1Cc1ccccc1)C(C)(C)C)NC(=O)[C@H](NC(=O)[C@H]1CCCN1C(=O)[C@@H](CC(=O)O)NC(=O)CCOCCOCCOCCNCC(C=O)CC(=O)O)C(C)C. The maximum absolute atomic E-state index is 15.3. The molecule has 2 aromatic carbocycles. The van der Waals surface area contributed by atoms with Crippen molar-refractivity contribution in [3.63, 3.8) is 0 Å². The fourth-order valence-electron chi connectivity index (χ4n) is 9.53. The minimum absolute atomic E-state index is 0.0130. The Hall–Kier alpha value is -7.19. The molecule has 1 fully saturated rings. The summed E-state index contributed by atoms with van der Waals surface area (Å²) in [5.74, 6) is -9.40. The van der Waals surface area contributed by atoms with Crippen LogP contribution in [0, 0.1) is 28.9 Å². The Morgan fingerprint density at radius 2 is 1.49 bits per heavy atom. The number of carbonyl (C=O) groups is 9. The van der Waals surface area contributed by atoms with E-state index in [1.54, 1.807) is 26.1 Å². The lowest BCUT2D eigenvalue weighted by Crippen LogP contribution is -2.59. The number of aromatic nitrogens is 1. The summed E-state index contributed by atoms with van der Waals surface area (Å²) >= 11 is 0. The second kappa shape index (κ2) is 33.7. The van der Waals surface area contributed by atoms with Crippen LogP contribution in [-0.4, -0.2) is 187 Å². The molecule has 0 radical (unpaired) electrons. The van der Waals surface area contributed by atoms with E-state index in [1.807, 2.05) is 55.7 Å². The summed E-state index contributed by atoms with van der Waals surface area (Å²) in [6, 6.07) is 7.94. The number of nitrogens with one attached hydrogen (secondary N) is 5. The van der Waals surface area contributed by atoms with E-state index in [-0.39, 0.29) is 90.5 Å². The van der Waals surface area contributed by atoms with Crippen LogP contribution in [0.4, 0.5) is 8.78 Å². The number of aldehydes is 1. The number of rotatable bonds is 36. The third-order valence-electron chi connectivity index (χ3n) is 13.5. The van der Waals surface area contributed by atoms with Gasteiger partial charge in [-0.15, -0.1) is 0 Å². The first kappa shape index (κ1) is 67.3. The predicted molar refractivity (Wildman–Crippen MR) is 294 cm³/mol. The molecule has 4 rings (SSSR count). The summed E-state index contributed by atoms with van der Waals surface area (Å²) in [5, 5.41) is 42.3. The highest BCUT2D eigenvalue weighted by molar-refractivity contribution is 5.97. The van der Waals surface area contributed by atoms with Gasteiger partial charge in [0.05, 0.1) is 58.5 Å². The Labute approximate surface area is 476 Å². The molecule has 1 aliphatic rings. The second-order valence-electron chi connectivity index (χ2n) is 21.3. The number of hydrogen-bond donors (Lipinski definition) is 8. The summed E-state index contributed by atoms with van der Waals surface area (Å²) in [4.78, 5) is 119. The van der Waals surface area contributed by atoms with Crippen molar-refractivity contribution in [2.24, 2.45) is 17.3 Å². The van der Waals surface area contributed by atoms with E-state index < -0.39 is 120 Å². The van der Waals surface area contributed by atoms with Gasteiger partial charge in [0.2, 0.25) is 35.4 Å². The first-order valence-electron chi connectivity index (χ1n) is 27.3. The zero-order valence-corrected chi connectivity index (χ0v) is 47.5. The van der Waals surface area contributed by atoms with Gasteiger partial charge in [0.15, 0.2) is 0 Å². The number of aliphatic carboxylic acids is 2. The van der Waals surface area contributed by atoms with E-state index in [4.69, 9.17) is 19.3 Å². The molecular weight excluding hydrogens is 1070 g/mol. The number of likely N-dealkylation sites (tertiary alicyclic amines) is 1. The highest BCUT2D eigenvalue weighted by Crippen LogP contribution is 2.41. The monoisotopic (exact) mass is 1150 g/mol. The number of likely N-dealkylation sites (N-methyl/N-ethyl adjacent to an activating group) is 1. The van der Waals surface area contributed by atoms with E-state index in [2.05, 4.69) is 26.6 Å². The third-order valence-corrected chi connectivity index (χ3v) is 13.5. The molecule has 8 N–H and O–H groups in total. The van der Waals surface area contributed by atoms with Gasteiger partial charge in [-0.05, 0) is 60.4 Å². The van der Waals surface area contributed by atoms with Gasteiger partial charge in [0, 0.05) is 75.1 Å². The van der Waals surface area contributed by atoms with Crippen LogP contribution in [-0.2, 0) is 63.9 Å². The number of aliphatic hydroxyl groups excluding tert-OH is 1. The number of benzene rings is 2. The van der Waals surface area contributed by atoms with Crippen LogP contribution in [0.25, 0.3) is 11.1 Å². The van der Waals surface area contributed by atoms with Crippen molar-refractivity contribution in [2.45, 2.75) is 110 Å². The Morgan fingerprint density at radius 3 is 2.10 bits per heavy atom. The Morgan fingerprint density at radius 1 is 0.829 bits per heavy atom. The third kappa shape index (κ3) is 21.3. The number of carbonyl (C=O) groups excluding carboxylic acids is 7. The number of hydrogen-bond acceptors (Lipinski definition) is 14. The van der Waals surface area contributed by atoms with Gasteiger partial charge in [-0.3, -0.25) is 38.4 Å². The molecule has 0 aliphatic carbocycles. The van der Waals surface area contributed by atoms with Crippen LogP contribution in [0.15, 0.2) is 60.8 Å². The lowest BCUT2D eigenvalue weighted by Gasteiger charge is -2.41. The van der Waals surface area contributed by atoms with Gasteiger partial charge in [0.25, 0.3) is 0 Å². The maximum Gasteiger partial charge on any atom is 0.305 e. The molecule has 25 heteroatoms. The van der Waals surface area contributed by atoms with Crippen molar-refractivity contribution in [1.29, 1.82) is 0 Å². The largest absolute Gasteiger partial charge is 0.481 e. The number of carboxylic acid groups (broad SMARTS) is 2. The van der Waals surface area contributed by atoms with Crippen LogP contribution < -0.4 is 26.6 Å². The molecule has 1 unspecified atom stereocenters. The van der Waals surface area contributed by atoms with Gasteiger partial charge >= 0.3 is 11.9 Å². The normalized spacial score (nSPS) is 15.2. The van der Waals surface area contributed by atoms with E-state index >= 15 is 4.39 Å². The van der Waals surface area contributed by atoms with Crippen molar-refractivity contribution in [3.8, 4) is 11.1 Å². The number of halogens is 2. The lowest BCUT2D eigenvalue weighted by atomic mass is 9.82. The van der Waals surface area contributed by atoms with Gasteiger partial charge < -0.3 is 75.3 Å². The molecule has 2 heterocycles. The van der Waals surface area contributed by atoms with Crippen LogP contribution in [0.5, 0.6) is 0 Å². The Bertz CT molecular complexity index is 2620. The van der Waals surface area contributed by atoms with Gasteiger partial charge in [-0.2, -0.15) is 0 Å². The quantitative estimate of drug-likeness (QED) is 0.0306. The highest BCUT2D eigenvalue weighted by Gasteiger charge is 2.41. The summed E-state index contributed by atoms with van der Waals surface area (Å²) in [6.07, 6.45) is 1.25. The van der Waals surface area contributed by atoms with Crippen molar-refractivity contribution < 1.29 is 81.5 Å². The van der Waals surface area contributed by atoms with Crippen molar-refractivity contribution in [3.05, 3.63) is 83.7 Å². The first-order chi connectivity index (χ1) is 39.0. The summed E-state index contributed by atoms with van der Waals surface area (Å²) in [5.41, 5.74) is 0.885. The molecule has 23 nitrogen and oxygen atoms in total. The number of amides is 6. The van der Waals surface area contributed by atoms with Crippen LogP contribution in [0.1, 0.15) is 90.4 Å². The van der Waals surface area contributed by atoms with E-state index in [0.29, 0.717) is 37.1 Å². The predicted octanol–water partition coefficient (Wildman–Crippen LogP) is 2.42. The van der Waals surface area contributed by atoms with Gasteiger partial charge in [0.1, 0.15) is 48.7 Å². The summed E-state index contributed by atoms with van der Waals surface area (Å²) in [6.45, 7) is 9.63. The van der Waals surface area contributed by atoms with Gasteiger partial charge in [-0.25, -0.2) is 8.78 Å². The van der Waals surface area contributed by atoms with E-state index in [9.17, 15) is 57.8 Å². The summed E-state index contributed by atoms with van der Waals surface area (Å²) < 4.78 is 48.0. The molecule has 1 saturated heterocycles. The fourth-order valence-corrected chi connectivity index (χ4v) is 9.53. The molecule has 82 heavy (non-hydrogen) atoms. The maximum atomic E-state index is 15.3. The van der Waals surface area contributed by atoms with Crippen molar-refractivity contribution in [1.82, 2.24) is 41.0 Å². The number of aliphatic hydroxyl groups is 1. The molecule has 0 saturated carbocycles. The number of ether oxygens (including phenoxy) is 3. The average Bonchev–Trinajstić information content (AvgIpc) is 4.31. The first-order valence-corrected chi connectivity index (χ1v) is 27.3.